The predicted octanol–water partition coefficient (Wildman–Crippen LogP) is -0.0383. The number of halogens is 1. The highest BCUT2D eigenvalue weighted by Gasteiger charge is 2.25. The molecule has 4 rings (SSSR count). The number of fused-ring (bicyclic) bond motifs is 1. The molecule has 3 aromatic rings. The minimum absolute atomic E-state index is 0.441. The first-order valence-electron chi connectivity index (χ1n) is 7.73. The van der Waals surface area contributed by atoms with E-state index in [1.165, 1.54) is 17.0 Å². The maximum atomic E-state index is 8.60. The van der Waals surface area contributed by atoms with Crippen LogP contribution in [-0.4, -0.2) is 14.2 Å². The highest BCUT2D eigenvalue weighted by molar-refractivity contribution is 5.58. The third-order valence-corrected chi connectivity index (χ3v) is 4.04. The monoisotopic (exact) mass is 360 g/mol. The number of rotatable bonds is 2. The molecule has 1 aliphatic heterocycles. The van der Waals surface area contributed by atoms with Gasteiger partial charge in [-0.15, -0.1) is 0 Å². The van der Waals surface area contributed by atoms with Gasteiger partial charge in [-0.2, -0.15) is 14.0 Å². The first-order chi connectivity index (χ1) is 11.9. The summed E-state index contributed by atoms with van der Waals surface area (Å²) in [6, 6.07) is 21.6. The minimum atomic E-state index is -4.69. The van der Waals surface area contributed by atoms with Gasteiger partial charge < -0.3 is 4.57 Å². The van der Waals surface area contributed by atoms with E-state index in [1.54, 1.807) is 0 Å². The van der Waals surface area contributed by atoms with Gasteiger partial charge in [-0.3, -0.25) is 0 Å². The highest BCUT2D eigenvalue weighted by atomic mass is 35.7. The molecule has 0 bridgehead atoms. The number of hydrogen-bond donors (Lipinski definition) is 1. The third-order valence-electron chi connectivity index (χ3n) is 4.04. The topological polar surface area (TPSA) is 107 Å². The summed E-state index contributed by atoms with van der Waals surface area (Å²) in [5.74, 6) is 1.21. The van der Waals surface area contributed by atoms with Crippen LogP contribution in [0, 0.1) is 10.2 Å². The number of imidazole rings is 1. The maximum absolute atomic E-state index is 8.60. The Hall–Kier alpha value is -2.22. The molecule has 1 atom stereocenters. The molecule has 0 spiro atoms. The largest absolute Gasteiger partial charge is 0.327 e. The van der Waals surface area contributed by atoms with Crippen LogP contribution in [-0.2, 0) is 6.42 Å². The van der Waals surface area contributed by atoms with Crippen molar-refractivity contribution in [3.63, 3.8) is 0 Å². The van der Waals surface area contributed by atoms with Crippen molar-refractivity contribution in [1.82, 2.24) is 9.55 Å². The van der Waals surface area contributed by atoms with Crippen molar-refractivity contribution in [2.75, 3.05) is 0 Å². The minimum Gasteiger partial charge on any atom is -0.327 e. The van der Waals surface area contributed by atoms with E-state index in [1.807, 2.05) is 6.07 Å². The molecular formula is C18H17ClN2O4. The zero-order chi connectivity index (χ0) is 17.9. The number of nitrogens with zero attached hydrogens (tertiary/aromatic N) is 2. The Bertz CT molecular complexity index is 810. The van der Waals surface area contributed by atoms with Crippen LogP contribution in [0.1, 0.15) is 23.9 Å². The van der Waals surface area contributed by atoms with Crippen LogP contribution in [0.3, 0.4) is 0 Å². The molecule has 6 nitrogen and oxygen atoms in total. The molecule has 2 aromatic carbocycles. The van der Waals surface area contributed by atoms with Crippen molar-refractivity contribution >= 4 is 0 Å². The molecule has 1 aromatic heterocycles. The van der Waals surface area contributed by atoms with Crippen molar-refractivity contribution in [3.05, 3.63) is 78.2 Å². The summed E-state index contributed by atoms with van der Waals surface area (Å²) in [6.45, 7) is 0. The Morgan fingerprint density at radius 2 is 1.52 bits per heavy atom. The molecule has 0 saturated heterocycles. The first-order valence-corrected chi connectivity index (χ1v) is 8.99. The van der Waals surface area contributed by atoms with Crippen LogP contribution in [0.2, 0.25) is 0 Å². The molecule has 0 radical (unpaired) electrons. The third kappa shape index (κ3) is 4.66. The van der Waals surface area contributed by atoms with E-state index in [0.29, 0.717) is 6.04 Å². The molecule has 0 aliphatic carbocycles. The van der Waals surface area contributed by atoms with E-state index in [-0.39, 0.29) is 0 Å². The van der Waals surface area contributed by atoms with E-state index in [0.717, 1.165) is 18.5 Å². The fourth-order valence-corrected chi connectivity index (χ4v) is 3.04. The van der Waals surface area contributed by atoms with E-state index in [4.69, 9.17) is 23.6 Å². The summed E-state index contributed by atoms with van der Waals surface area (Å²) in [4.78, 5) is 4.80. The number of hydrogen-bond acceptors (Lipinski definition) is 5. The van der Waals surface area contributed by atoms with E-state index < -0.39 is 10.2 Å². The van der Waals surface area contributed by atoms with Crippen LogP contribution < -0.4 is 14.0 Å². The summed E-state index contributed by atoms with van der Waals surface area (Å²) < 4.78 is 35.1. The van der Waals surface area contributed by atoms with Gasteiger partial charge in [-0.05, 0) is 12.0 Å². The van der Waals surface area contributed by atoms with Crippen molar-refractivity contribution in [2.24, 2.45) is 0 Å². The van der Waals surface area contributed by atoms with Crippen molar-refractivity contribution < 1.29 is 28.9 Å². The lowest BCUT2D eigenvalue weighted by molar-refractivity contribution is -1.92. The van der Waals surface area contributed by atoms with Crippen molar-refractivity contribution in [3.8, 4) is 11.3 Å². The Balaban J connectivity index is 0.000000324. The smallest absolute Gasteiger partial charge is 0.110 e. The number of benzene rings is 2. The van der Waals surface area contributed by atoms with E-state index >= 15 is 0 Å². The second-order valence-corrected chi connectivity index (χ2v) is 6.47. The van der Waals surface area contributed by atoms with E-state index in [9.17, 15) is 0 Å². The van der Waals surface area contributed by atoms with Gasteiger partial charge in [0.25, 0.3) is 0 Å². The average molecular weight is 361 g/mol. The van der Waals surface area contributed by atoms with Gasteiger partial charge in [0, 0.05) is 18.2 Å². The van der Waals surface area contributed by atoms with Gasteiger partial charge >= 0.3 is 0 Å². The van der Waals surface area contributed by atoms with Gasteiger partial charge in [0.05, 0.1) is 26.6 Å². The molecule has 1 unspecified atom stereocenters. The summed E-state index contributed by atoms with van der Waals surface area (Å²) >= 11 is 0. The number of aromatic nitrogens is 2. The quantitative estimate of drug-likeness (QED) is 0.690. The van der Waals surface area contributed by atoms with Crippen molar-refractivity contribution in [1.29, 1.82) is 0 Å². The Kier molecular flexibility index (Phi) is 5.17. The Morgan fingerprint density at radius 1 is 0.960 bits per heavy atom. The second kappa shape index (κ2) is 7.35. The molecule has 1 N–H and O–H groups in total. The summed E-state index contributed by atoms with van der Waals surface area (Å²) in [5.41, 5.74) is 3.66. The van der Waals surface area contributed by atoms with Crippen LogP contribution in [0.4, 0.5) is 0 Å². The lowest BCUT2D eigenvalue weighted by Crippen LogP contribution is -2.58. The number of aryl methyl sites for hydroxylation is 1. The predicted molar refractivity (Wildman–Crippen MR) is 82.8 cm³/mol. The summed E-state index contributed by atoms with van der Waals surface area (Å²) in [5, 5.41) is 0. The SMILES string of the molecule is [O-][Cl+3]([O-])([O-])O.c1ccc(-c2cn3c(n2)CCC3c2ccccc2)cc1. The molecule has 130 valence electrons. The van der Waals surface area contributed by atoms with E-state index in [2.05, 4.69) is 65.4 Å². The molecule has 0 amide bonds. The maximum Gasteiger partial charge on any atom is 0.110 e. The molecular weight excluding hydrogens is 344 g/mol. The molecule has 0 fully saturated rings. The fraction of sp³-hybridized carbons (Fsp3) is 0.167. The first kappa shape index (κ1) is 17.6. The second-order valence-electron chi connectivity index (χ2n) is 5.68. The van der Waals surface area contributed by atoms with Gasteiger partial charge in [0.2, 0.25) is 0 Å². The normalized spacial score (nSPS) is 16.1. The Morgan fingerprint density at radius 3 is 2.12 bits per heavy atom. The summed E-state index contributed by atoms with van der Waals surface area (Å²) in [7, 11) is -4.69. The lowest BCUT2D eigenvalue weighted by atomic mass is 10.0. The van der Waals surface area contributed by atoms with Crippen molar-refractivity contribution in [2.45, 2.75) is 18.9 Å². The Labute approximate surface area is 147 Å². The van der Waals surface area contributed by atoms with Gasteiger partial charge in [0.1, 0.15) is 5.82 Å². The standard InChI is InChI=1S/C18H16N2.ClHO4/c1-3-7-14(8-4-1)16-13-20-17(11-12-18(20)19-16)15-9-5-2-6-10-15;2-1(3,4)5/h1-10,13,17H,11-12H2;(H,2,3,4,5). The van der Waals surface area contributed by atoms with Gasteiger partial charge in [0.15, 0.2) is 0 Å². The molecule has 7 heteroatoms. The molecule has 0 saturated carbocycles. The fourth-order valence-electron chi connectivity index (χ4n) is 3.04. The zero-order valence-corrected chi connectivity index (χ0v) is 14.0. The van der Waals surface area contributed by atoms with Crippen LogP contribution in [0.5, 0.6) is 0 Å². The average Bonchev–Trinajstić information content (AvgIpc) is 3.15. The molecule has 25 heavy (non-hydrogen) atoms. The van der Waals surface area contributed by atoms with Crippen LogP contribution in [0.15, 0.2) is 66.9 Å². The van der Waals surface area contributed by atoms with Gasteiger partial charge in [-0.25, -0.2) is 4.98 Å². The van der Waals surface area contributed by atoms with Crippen LogP contribution in [0.25, 0.3) is 11.3 Å². The van der Waals surface area contributed by atoms with Gasteiger partial charge in [-0.1, -0.05) is 60.7 Å². The highest BCUT2D eigenvalue weighted by Crippen LogP contribution is 2.33. The molecule has 1 aliphatic rings. The zero-order valence-electron chi connectivity index (χ0n) is 13.3. The summed E-state index contributed by atoms with van der Waals surface area (Å²) in [6.07, 6.45) is 4.42. The van der Waals surface area contributed by atoms with Crippen LogP contribution >= 0.6 is 0 Å². The lowest BCUT2D eigenvalue weighted by Gasteiger charge is -2.12. The molecule has 2 heterocycles.